The number of hydrogen-bond acceptors (Lipinski definition) is 6. The van der Waals surface area contributed by atoms with Crippen molar-refractivity contribution in [2.24, 2.45) is 5.92 Å². The maximum absolute atomic E-state index is 14.7. The maximum atomic E-state index is 14.7. The minimum Gasteiger partial charge on any atom is -0.485 e. The van der Waals surface area contributed by atoms with Crippen LogP contribution in [-0.4, -0.2) is 53.2 Å². The number of carbonyl (C=O) groups is 4. The van der Waals surface area contributed by atoms with Gasteiger partial charge in [0.1, 0.15) is 24.4 Å². The predicted molar refractivity (Wildman–Crippen MR) is 162 cm³/mol. The van der Waals surface area contributed by atoms with Gasteiger partial charge in [-0.05, 0) is 35.7 Å². The Hall–Kier alpha value is -4.30. The standard InChI is InChI=1S/C31H29Cl2F5N4O5/c1-17(2)25(27(44)31(37,38)29(46)40-16-30(34,35)36)42-28(45)26(18-7-4-3-5-8-18)41-24(43)13-23(19-11-21(33)15-39-14-19)47-22-10-6-9-20(32)12-22/h3-12,14-15,17,23,25-26H,13,16H2,1-2H3,(H,40,46)(H,41,43)(H,42,45)/t23?,25-,26-/m0/s1. The highest BCUT2D eigenvalue weighted by Crippen LogP contribution is 2.29. The fourth-order valence-electron chi connectivity index (χ4n) is 4.24. The van der Waals surface area contributed by atoms with E-state index < -0.39 is 72.7 Å². The largest absolute Gasteiger partial charge is 0.485 e. The molecule has 0 aliphatic carbocycles. The summed E-state index contributed by atoms with van der Waals surface area (Å²) in [6.07, 6.45) is -3.64. The quantitative estimate of drug-likeness (QED) is 0.145. The van der Waals surface area contributed by atoms with Gasteiger partial charge in [0.25, 0.3) is 5.91 Å². The molecule has 2 aromatic carbocycles. The first-order valence-corrected chi connectivity index (χ1v) is 14.7. The number of nitrogens with one attached hydrogen (secondary N) is 3. The summed E-state index contributed by atoms with van der Waals surface area (Å²) in [5, 5.41) is 6.23. The molecule has 9 nitrogen and oxygen atoms in total. The van der Waals surface area contributed by atoms with E-state index in [1.807, 2.05) is 0 Å². The Morgan fingerprint density at radius 1 is 0.851 bits per heavy atom. The number of pyridine rings is 1. The number of ether oxygens (including phenoxy) is 1. The van der Waals surface area contributed by atoms with E-state index in [2.05, 4.69) is 15.6 Å². The summed E-state index contributed by atoms with van der Waals surface area (Å²) in [7, 11) is 0. The van der Waals surface area contributed by atoms with Gasteiger partial charge in [0.05, 0.1) is 17.5 Å². The van der Waals surface area contributed by atoms with Crippen molar-refractivity contribution in [1.82, 2.24) is 20.9 Å². The summed E-state index contributed by atoms with van der Waals surface area (Å²) < 4.78 is 72.9. The van der Waals surface area contributed by atoms with Crippen LogP contribution in [0.3, 0.4) is 0 Å². The second kappa shape index (κ2) is 16.0. The van der Waals surface area contributed by atoms with Crippen LogP contribution in [-0.2, 0) is 19.2 Å². The molecule has 1 aromatic heterocycles. The highest BCUT2D eigenvalue weighted by Gasteiger charge is 2.52. The summed E-state index contributed by atoms with van der Waals surface area (Å²) in [5.74, 6) is -12.2. The Morgan fingerprint density at radius 2 is 1.53 bits per heavy atom. The van der Waals surface area contributed by atoms with Crippen LogP contribution in [0.15, 0.2) is 73.1 Å². The minimum absolute atomic E-state index is 0.194. The van der Waals surface area contributed by atoms with Gasteiger partial charge in [-0.15, -0.1) is 0 Å². The average Bonchev–Trinajstić information content (AvgIpc) is 3.00. The van der Waals surface area contributed by atoms with Crippen molar-refractivity contribution in [3.63, 3.8) is 0 Å². The van der Waals surface area contributed by atoms with Crippen molar-refractivity contribution >= 4 is 46.7 Å². The molecule has 0 bridgehead atoms. The lowest BCUT2D eigenvalue weighted by Crippen LogP contribution is -2.58. The first-order chi connectivity index (χ1) is 22.0. The third-order valence-corrected chi connectivity index (χ3v) is 6.98. The number of ketones is 1. The molecule has 0 saturated heterocycles. The van der Waals surface area contributed by atoms with E-state index in [0.29, 0.717) is 16.3 Å². The number of hydrogen-bond donors (Lipinski definition) is 3. The number of benzene rings is 2. The molecule has 3 aromatic rings. The van der Waals surface area contributed by atoms with Crippen LogP contribution in [0.2, 0.25) is 10.0 Å². The SMILES string of the molecule is CC(C)[C@H](NC(=O)[C@@H](NC(=O)CC(Oc1cccc(Cl)c1)c1cncc(Cl)c1)c1ccccc1)C(=O)C(F)(F)C(=O)NCC(F)(F)F. The molecule has 16 heteroatoms. The van der Waals surface area contributed by atoms with E-state index in [4.69, 9.17) is 27.9 Å². The predicted octanol–water partition coefficient (Wildman–Crippen LogP) is 5.78. The molecule has 0 saturated carbocycles. The summed E-state index contributed by atoms with van der Waals surface area (Å²) in [6, 6.07) is 11.9. The Labute approximate surface area is 276 Å². The van der Waals surface area contributed by atoms with Crippen molar-refractivity contribution in [3.8, 4) is 5.75 Å². The zero-order chi connectivity index (χ0) is 34.9. The molecule has 3 rings (SSSR count). The Kier molecular flexibility index (Phi) is 12.7. The van der Waals surface area contributed by atoms with Crippen LogP contribution < -0.4 is 20.7 Å². The number of rotatable bonds is 14. The highest BCUT2D eigenvalue weighted by atomic mass is 35.5. The van der Waals surface area contributed by atoms with Crippen LogP contribution in [0.25, 0.3) is 0 Å². The molecule has 1 heterocycles. The van der Waals surface area contributed by atoms with Crippen LogP contribution >= 0.6 is 23.2 Å². The van der Waals surface area contributed by atoms with Crippen LogP contribution in [0.4, 0.5) is 22.0 Å². The first kappa shape index (κ1) is 37.2. The molecule has 47 heavy (non-hydrogen) atoms. The Bertz CT molecular complexity index is 1580. The van der Waals surface area contributed by atoms with E-state index in [1.165, 1.54) is 62.6 Å². The topological polar surface area (TPSA) is 126 Å². The van der Waals surface area contributed by atoms with Crippen LogP contribution in [0.5, 0.6) is 5.75 Å². The van der Waals surface area contributed by atoms with Crippen molar-refractivity contribution in [1.29, 1.82) is 0 Å². The van der Waals surface area contributed by atoms with Gasteiger partial charge >= 0.3 is 12.1 Å². The molecule has 252 valence electrons. The fourth-order valence-corrected chi connectivity index (χ4v) is 4.60. The molecular weight excluding hydrogens is 674 g/mol. The number of amides is 3. The molecule has 0 spiro atoms. The molecule has 3 atom stereocenters. The van der Waals surface area contributed by atoms with E-state index in [-0.39, 0.29) is 10.6 Å². The third kappa shape index (κ3) is 10.9. The summed E-state index contributed by atoms with van der Waals surface area (Å²) in [5.41, 5.74) is 0.588. The highest BCUT2D eigenvalue weighted by molar-refractivity contribution is 6.30. The average molecular weight is 703 g/mol. The fraction of sp³-hybridized carbons (Fsp3) is 0.323. The Balaban J connectivity index is 1.86. The van der Waals surface area contributed by atoms with Gasteiger partial charge in [-0.1, -0.05) is 73.4 Å². The normalized spacial score (nSPS) is 13.7. The van der Waals surface area contributed by atoms with Gasteiger partial charge in [-0.2, -0.15) is 22.0 Å². The smallest absolute Gasteiger partial charge is 0.405 e. The van der Waals surface area contributed by atoms with Crippen molar-refractivity contribution in [2.45, 2.75) is 50.6 Å². The van der Waals surface area contributed by atoms with E-state index in [9.17, 15) is 41.1 Å². The third-order valence-electron chi connectivity index (χ3n) is 6.53. The van der Waals surface area contributed by atoms with Gasteiger partial charge in [0.2, 0.25) is 17.6 Å². The van der Waals surface area contributed by atoms with Gasteiger partial charge in [-0.25, -0.2) is 0 Å². The first-order valence-electron chi connectivity index (χ1n) is 13.9. The number of alkyl halides is 5. The molecule has 3 N–H and O–H groups in total. The van der Waals surface area contributed by atoms with E-state index in [0.717, 1.165) is 5.32 Å². The van der Waals surface area contributed by atoms with Crippen molar-refractivity contribution in [2.75, 3.05) is 6.54 Å². The molecule has 3 amide bonds. The van der Waals surface area contributed by atoms with E-state index in [1.54, 1.807) is 24.3 Å². The molecule has 0 aliphatic rings. The summed E-state index contributed by atoms with van der Waals surface area (Å²) >= 11 is 12.2. The number of carbonyl (C=O) groups excluding carboxylic acids is 4. The number of Topliss-reactive ketones (excluding diaryl/α,β-unsaturated/α-hetero) is 1. The molecular formula is C31H29Cl2F5N4O5. The van der Waals surface area contributed by atoms with Gasteiger partial charge in [0, 0.05) is 23.0 Å². The van der Waals surface area contributed by atoms with Crippen LogP contribution in [0, 0.1) is 5.92 Å². The number of aromatic nitrogens is 1. The Morgan fingerprint density at radius 3 is 2.13 bits per heavy atom. The number of nitrogens with zero attached hydrogens (tertiary/aromatic N) is 1. The molecule has 0 radical (unpaired) electrons. The zero-order valence-corrected chi connectivity index (χ0v) is 26.3. The lowest BCUT2D eigenvalue weighted by Gasteiger charge is -2.28. The molecule has 0 aliphatic heterocycles. The lowest BCUT2D eigenvalue weighted by atomic mass is 9.94. The second-order valence-corrected chi connectivity index (χ2v) is 11.5. The lowest BCUT2D eigenvalue weighted by molar-refractivity contribution is -0.165. The maximum Gasteiger partial charge on any atom is 0.405 e. The van der Waals surface area contributed by atoms with Crippen molar-refractivity contribution in [3.05, 3.63) is 94.2 Å². The van der Waals surface area contributed by atoms with Gasteiger partial charge in [0.15, 0.2) is 0 Å². The second-order valence-electron chi connectivity index (χ2n) is 10.6. The molecule has 1 unspecified atom stereocenters. The van der Waals surface area contributed by atoms with Crippen molar-refractivity contribution < 1.29 is 45.9 Å². The molecule has 0 fully saturated rings. The minimum atomic E-state index is -5.01. The number of halogens is 7. The van der Waals surface area contributed by atoms with Crippen LogP contribution in [0.1, 0.15) is 43.5 Å². The van der Waals surface area contributed by atoms with Gasteiger partial charge < -0.3 is 20.7 Å². The van der Waals surface area contributed by atoms with E-state index >= 15 is 0 Å². The monoisotopic (exact) mass is 702 g/mol. The zero-order valence-electron chi connectivity index (χ0n) is 24.8. The summed E-state index contributed by atoms with van der Waals surface area (Å²) in [4.78, 5) is 55.6. The summed E-state index contributed by atoms with van der Waals surface area (Å²) in [6.45, 7) is 0.460. The van der Waals surface area contributed by atoms with Gasteiger partial charge in [-0.3, -0.25) is 24.2 Å².